The molecule has 1 aromatic heterocycles. The van der Waals surface area contributed by atoms with Gasteiger partial charge in [-0.25, -0.2) is 9.97 Å². The summed E-state index contributed by atoms with van der Waals surface area (Å²) in [4.78, 5) is 9.09. The molecule has 1 aromatic rings. The van der Waals surface area contributed by atoms with Gasteiger partial charge in [-0.05, 0) is 40.0 Å². The molecule has 0 amide bonds. The zero-order chi connectivity index (χ0) is 13.9. The van der Waals surface area contributed by atoms with Gasteiger partial charge in [-0.15, -0.1) is 0 Å². The summed E-state index contributed by atoms with van der Waals surface area (Å²) in [6.45, 7) is 9.47. The maximum absolute atomic E-state index is 4.59. The lowest BCUT2D eigenvalue weighted by molar-refractivity contribution is 0.530. The maximum atomic E-state index is 4.59. The average Bonchev–Trinajstić information content (AvgIpc) is 2.78. The molecule has 4 heteroatoms. The highest BCUT2D eigenvalue weighted by atomic mass is 15.1. The molecule has 0 bridgehead atoms. The summed E-state index contributed by atoms with van der Waals surface area (Å²) in [6.07, 6.45) is 6.19. The largest absolute Gasteiger partial charge is 0.370 e. The Balaban J connectivity index is 2.21. The second-order valence-corrected chi connectivity index (χ2v) is 5.91. The third-order valence-electron chi connectivity index (χ3n) is 3.93. The summed E-state index contributed by atoms with van der Waals surface area (Å²) < 4.78 is 0. The summed E-state index contributed by atoms with van der Waals surface area (Å²) >= 11 is 0. The van der Waals surface area contributed by atoms with E-state index in [1.165, 1.54) is 25.7 Å². The highest BCUT2D eigenvalue weighted by Gasteiger charge is 2.29. The van der Waals surface area contributed by atoms with Crippen molar-refractivity contribution in [2.45, 2.75) is 65.3 Å². The molecule has 0 radical (unpaired) electrons. The van der Waals surface area contributed by atoms with Gasteiger partial charge in [0.15, 0.2) is 0 Å². The number of hydrogen-bond donors (Lipinski definition) is 2. The number of anilines is 2. The number of aryl methyl sites for hydroxylation is 1. The molecule has 1 aliphatic carbocycles. The number of rotatable bonds is 5. The Bertz CT molecular complexity index is 436. The van der Waals surface area contributed by atoms with Gasteiger partial charge in [0.1, 0.15) is 17.5 Å². The minimum Gasteiger partial charge on any atom is -0.370 e. The van der Waals surface area contributed by atoms with E-state index in [1.807, 2.05) is 6.92 Å². The van der Waals surface area contributed by atoms with Gasteiger partial charge in [0.25, 0.3) is 0 Å². The molecule has 0 atom stereocenters. The quantitative estimate of drug-likeness (QED) is 0.850. The monoisotopic (exact) mass is 262 g/mol. The molecule has 1 fully saturated rings. The fourth-order valence-electron chi connectivity index (χ4n) is 2.73. The van der Waals surface area contributed by atoms with Gasteiger partial charge in [-0.2, -0.15) is 0 Å². The van der Waals surface area contributed by atoms with Crippen molar-refractivity contribution < 1.29 is 0 Å². The molecular formula is C15H26N4. The van der Waals surface area contributed by atoms with Gasteiger partial charge in [-0.3, -0.25) is 0 Å². The Hall–Kier alpha value is -1.32. The SMILES string of the molecule is CCCNc1nc(C)nc(NC2(C)CCCC2)c1C. The average molecular weight is 262 g/mol. The summed E-state index contributed by atoms with van der Waals surface area (Å²) in [5.41, 5.74) is 1.33. The first-order chi connectivity index (χ1) is 9.04. The minimum atomic E-state index is 0.202. The van der Waals surface area contributed by atoms with E-state index in [4.69, 9.17) is 0 Å². The minimum absolute atomic E-state index is 0.202. The van der Waals surface area contributed by atoms with Crippen LogP contribution >= 0.6 is 0 Å². The number of nitrogens with one attached hydrogen (secondary N) is 2. The van der Waals surface area contributed by atoms with Crippen LogP contribution in [0, 0.1) is 13.8 Å². The van der Waals surface area contributed by atoms with E-state index in [9.17, 15) is 0 Å². The molecule has 4 nitrogen and oxygen atoms in total. The number of aromatic nitrogens is 2. The van der Waals surface area contributed by atoms with Crippen LogP contribution in [0.15, 0.2) is 0 Å². The molecule has 2 rings (SSSR count). The second-order valence-electron chi connectivity index (χ2n) is 5.91. The first-order valence-electron chi connectivity index (χ1n) is 7.41. The van der Waals surface area contributed by atoms with Gasteiger partial charge >= 0.3 is 0 Å². The van der Waals surface area contributed by atoms with Gasteiger partial charge < -0.3 is 10.6 Å². The van der Waals surface area contributed by atoms with Crippen LogP contribution in [0.3, 0.4) is 0 Å². The molecular weight excluding hydrogens is 236 g/mol. The summed E-state index contributed by atoms with van der Waals surface area (Å²) in [5.74, 6) is 2.79. The number of nitrogens with zero attached hydrogens (tertiary/aromatic N) is 2. The standard InChI is InChI=1S/C15H26N4/c1-5-10-16-13-11(2)14(18-12(3)17-13)19-15(4)8-6-7-9-15/h5-10H2,1-4H3,(H2,16,17,18,19). The molecule has 19 heavy (non-hydrogen) atoms. The van der Waals surface area contributed by atoms with Crippen molar-refractivity contribution >= 4 is 11.6 Å². The predicted octanol–water partition coefficient (Wildman–Crippen LogP) is 3.66. The predicted molar refractivity (Wildman–Crippen MR) is 80.8 cm³/mol. The van der Waals surface area contributed by atoms with E-state index < -0.39 is 0 Å². The van der Waals surface area contributed by atoms with Crippen LogP contribution < -0.4 is 10.6 Å². The highest BCUT2D eigenvalue weighted by molar-refractivity contribution is 5.58. The molecule has 1 saturated carbocycles. The Labute approximate surface area is 116 Å². The van der Waals surface area contributed by atoms with Crippen LogP contribution in [-0.2, 0) is 0 Å². The van der Waals surface area contributed by atoms with Crippen LogP contribution in [0.25, 0.3) is 0 Å². The molecule has 1 aliphatic rings. The normalized spacial score (nSPS) is 17.5. The first kappa shape index (κ1) is 14.1. The smallest absolute Gasteiger partial charge is 0.135 e. The lowest BCUT2D eigenvalue weighted by Crippen LogP contribution is -2.32. The van der Waals surface area contributed by atoms with Crippen molar-refractivity contribution in [1.82, 2.24) is 9.97 Å². The van der Waals surface area contributed by atoms with E-state index in [1.54, 1.807) is 0 Å². The van der Waals surface area contributed by atoms with Crippen LogP contribution in [0.4, 0.5) is 11.6 Å². The van der Waals surface area contributed by atoms with Crippen LogP contribution in [-0.4, -0.2) is 22.1 Å². The second kappa shape index (κ2) is 5.76. The van der Waals surface area contributed by atoms with E-state index in [2.05, 4.69) is 41.4 Å². The van der Waals surface area contributed by atoms with E-state index in [-0.39, 0.29) is 5.54 Å². The van der Waals surface area contributed by atoms with Crippen LogP contribution in [0.5, 0.6) is 0 Å². The fraction of sp³-hybridized carbons (Fsp3) is 0.733. The van der Waals surface area contributed by atoms with E-state index >= 15 is 0 Å². The summed E-state index contributed by atoms with van der Waals surface area (Å²) in [5, 5.41) is 7.04. The van der Waals surface area contributed by atoms with Crippen molar-refractivity contribution in [2.24, 2.45) is 0 Å². The first-order valence-corrected chi connectivity index (χ1v) is 7.41. The van der Waals surface area contributed by atoms with Gasteiger partial charge in [-0.1, -0.05) is 19.8 Å². The van der Waals surface area contributed by atoms with Crippen molar-refractivity contribution in [3.63, 3.8) is 0 Å². The summed E-state index contributed by atoms with van der Waals surface area (Å²) in [7, 11) is 0. The van der Waals surface area contributed by atoms with Crippen molar-refractivity contribution in [3.8, 4) is 0 Å². The van der Waals surface area contributed by atoms with E-state index in [0.29, 0.717) is 0 Å². The molecule has 2 N–H and O–H groups in total. The Kier molecular flexibility index (Phi) is 4.27. The Morgan fingerprint density at radius 2 is 1.74 bits per heavy atom. The lowest BCUT2D eigenvalue weighted by Gasteiger charge is -2.27. The zero-order valence-electron chi connectivity index (χ0n) is 12.6. The van der Waals surface area contributed by atoms with Crippen molar-refractivity contribution in [1.29, 1.82) is 0 Å². The van der Waals surface area contributed by atoms with Gasteiger partial charge in [0.05, 0.1) is 0 Å². The summed E-state index contributed by atoms with van der Waals surface area (Å²) in [6, 6.07) is 0. The third kappa shape index (κ3) is 3.37. The number of hydrogen-bond acceptors (Lipinski definition) is 4. The molecule has 0 unspecified atom stereocenters. The van der Waals surface area contributed by atoms with Crippen LogP contribution in [0.2, 0.25) is 0 Å². The molecule has 106 valence electrons. The van der Waals surface area contributed by atoms with E-state index in [0.717, 1.165) is 36.0 Å². The Morgan fingerprint density at radius 3 is 2.37 bits per heavy atom. The van der Waals surface area contributed by atoms with Crippen molar-refractivity contribution in [2.75, 3.05) is 17.2 Å². The van der Waals surface area contributed by atoms with Crippen molar-refractivity contribution in [3.05, 3.63) is 11.4 Å². The topological polar surface area (TPSA) is 49.8 Å². The molecule has 1 heterocycles. The molecule has 0 spiro atoms. The fourth-order valence-corrected chi connectivity index (χ4v) is 2.73. The lowest BCUT2D eigenvalue weighted by atomic mass is 10.0. The maximum Gasteiger partial charge on any atom is 0.135 e. The third-order valence-corrected chi connectivity index (χ3v) is 3.93. The zero-order valence-corrected chi connectivity index (χ0v) is 12.6. The molecule has 0 aromatic carbocycles. The molecule has 0 saturated heterocycles. The van der Waals surface area contributed by atoms with Crippen LogP contribution in [0.1, 0.15) is 57.3 Å². The van der Waals surface area contributed by atoms with Gasteiger partial charge in [0.2, 0.25) is 0 Å². The molecule has 0 aliphatic heterocycles. The Morgan fingerprint density at radius 1 is 1.11 bits per heavy atom. The van der Waals surface area contributed by atoms with Gasteiger partial charge in [0, 0.05) is 17.6 Å². The highest BCUT2D eigenvalue weighted by Crippen LogP contribution is 2.33.